The highest BCUT2D eigenvalue weighted by Crippen LogP contribution is 2.37. The third kappa shape index (κ3) is 6.47. The zero-order valence-corrected chi connectivity index (χ0v) is 25.2. The Balaban J connectivity index is 1.52. The molecular formula is C31H35F4N7O2. The largest absolute Gasteiger partial charge is 0.417 e. The van der Waals surface area contributed by atoms with E-state index in [1.807, 2.05) is 56.7 Å². The maximum absolute atomic E-state index is 15.9. The van der Waals surface area contributed by atoms with Gasteiger partial charge in [0.1, 0.15) is 5.82 Å². The summed E-state index contributed by atoms with van der Waals surface area (Å²) in [6.07, 6.45) is -1.85. The van der Waals surface area contributed by atoms with Crippen LogP contribution in [0.1, 0.15) is 53.1 Å². The van der Waals surface area contributed by atoms with Gasteiger partial charge in [0.2, 0.25) is 11.5 Å². The molecule has 1 aromatic carbocycles. The molecule has 0 saturated carbocycles. The van der Waals surface area contributed by atoms with E-state index in [1.165, 1.54) is 12.1 Å². The van der Waals surface area contributed by atoms with Gasteiger partial charge in [-0.05, 0) is 64.9 Å². The second-order valence-electron chi connectivity index (χ2n) is 11.6. The molecule has 1 fully saturated rings. The first kappa shape index (κ1) is 31.2. The number of aromatic amines is 1. The number of hydrogen-bond acceptors (Lipinski definition) is 7. The fourth-order valence-corrected chi connectivity index (χ4v) is 5.80. The zero-order valence-electron chi connectivity index (χ0n) is 25.2. The van der Waals surface area contributed by atoms with Gasteiger partial charge in [-0.1, -0.05) is 6.08 Å². The Labute approximate surface area is 252 Å². The summed E-state index contributed by atoms with van der Waals surface area (Å²) in [7, 11) is 2.00. The molecule has 44 heavy (non-hydrogen) atoms. The molecule has 0 bridgehead atoms. The fourth-order valence-electron chi connectivity index (χ4n) is 5.80. The maximum atomic E-state index is 15.9. The molecule has 2 aromatic heterocycles. The van der Waals surface area contributed by atoms with Crippen molar-refractivity contribution >= 4 is 28.8 Å². The lowest BCUT2D eigenvalue weighted by Crippen LogP contribution is -2.55. The number of pyridine rings is 1. The molecule has 2 atom stereocenters. The van der Waals surface area contributed by atoms with Crippen molar-refractivity contribution in [1.29, 1.82) is 0 Å². The van der Waals surface area contributed by atoms with Gasteiger partial charge in [-0.25, -0.2) is 14.4 Å². The van der Waals surface area contributed by atoms with Gasteiger partial charge in [-0.3, -0.25) is 14.5 Å². The molecule has 2 unspecified atom stereocenters. The molecule has 1 saturated heterocycles. The van der Waals surface area contributed by atoms with Crippen molar-refractivity contribution in [2.24, 2.45) is 0 Å². The first-order chi connectivity index (χ1) is 20.7. The number of carbonyl (C=O) groups is 1. The van der Waals surface area contributed by atoms with E-state index in [0.717, 1.165) is 17.6 Å². The fraction of sp³-hybridized carbons (Fsp3) is 0.419. The lowest BCUT2D eigenvalue weighted by Gasteiger charge is -2.44. The van der Waals surface area contributed by atoms with E-state index >= 15 is 4.39 Å². The number of amides is 1. The zero-order chi connectivity index (χ0) is 31.9. The van der Waals surface area contributed by atoms with Crippen LogP contribution in [0.4, 0.5) is 34.9 Å². The Kier molecular flexibility index (Phi) is 8.52. The normalized spacial score (nSPS) is 19.6. The van der Waals surface area contributed by atoms with Gasteiger partial charge >= 0.3 is 6.18 Å². The van der Waals surface area contributed by atoms with Crippen molar-refractivity contribution in [1.82, 2.24) is 19.9 Å². The minimum atomic E-state index is -4.93. The summed E-state index contributed by atoms with van der Waals surface area (Å²) in [6.45, 7) is 9.83. The molecule has 234 valence electrons. The summed E-state index contributed by atoms with van der Waals surface area (Å²) in [6, 6.07) is 5.26. The lowest BCUT2D eigenvalue weighted by atomic mass is 9.97. The molecule has 1 amide bonds. The van der Waals surface area contributed by atoms with Gasteiger partial charge < -0.3 is 20.1 Å². The quantitative estimate of drug-likeness (QED) is 0.391. The van der Waals surface area contributed by atoms with Crippen molar-refractivity contribution in [3.63, 3.8) is 0 Å². The van der Waals surface area contributed by atoms with E-state index < -0.39 is 34.6 Å². The molecule has 2 aliphatic heterocycles. The van der Waals surface area contributed by atoms with E-state index in [-0.39, 0.29) is 23.3 Å². The number of benzene rings is 1. The van der Waals surface area contributed by atoms with E-state index in [0.29, 0.717) is 55.9 Å². The van der Waals surface area contributed by atoms with E-state index in [2.05, 4.69) is 25.2 Å². The predicted molar refractivity (Wildman–Crippen MR) is 162 cm³/mol. The number of aryl methyl sites for hydroxylation is 2. The van der Waals surface area contributed by atoms with E-state index in [4.69, 9.17) is 0 Å². The van der Waals surface area contributed by atoms with E-state index in [9.17, 15) is 22.8 Å². The molecule has 0 aliphatic carbocycles. The van der Waals surface area contributed by atoms with Gasteiger partial charge in [0.15, 0.2) is 0 Å². The molecule has 4 heterocycles. The smallest absolute Gasteiger partial charge is 0.367 e. The van der Waals surface area contributed by atoms with Crippen LogP contribution in [0.5, 0.6) is 0 Å². The topological polar surface area (TPSA) is 97.5 Å². The highest BCUT2D eigenvalue weighted by Gasteiger charge is 2.36. The first-order valence-electron chi connectivity index (χ1n) is 14.4. The van der Waals surface area contributed by atoms with Crippen LogP contribution in [0, 0.1) is 19.7 Å². The molecule has 3 aromatic rings. The third-order valence-electron chi connectivity index (χ3n) is 8.32. The van der Waals surface area contributed by atoms with Crippen LogP contribution < -0.4 is 20.7 Å². The average molecular weight is 614 g/mol. The van der Waals surface area contributed by atoms with Crippen molar-refractivity contribution in [2.75, 3.05) is 48.3 Å². The molecular weight excluding hydrogens is 578 g/mol. The molecule has 5 rings (SSSR count). The highest BCUT2D eigenvalue weighted by atomic mass is 19.4. The number of aromatic nitrogens is 3. The van der Waals surface area contributed by atoms with Crippen LogP contribution >= 0.6 is 0 Å². The predicted octanol–water partition coefficient (Wildman–Crippen LogP) is 5.01. The Bertz CT molecular complexity index is 1640. The Morgan fingerprint density at radius 2 is 1.68 bits per heavy atom. The Morgan fingerprint density at radius 3 is 2.27 bits per heavy atom. The molecule has 0 spiro atoms. The number of piperazine rings is 1. The van der Waals surface area contributed by atoms with Crippen LogP contribution in [0.15, 0.2) is 41.3 Å². The van der Waals surface area contributed by atoms with Crippen molar-refractivity contribution < 1.29 is 22.4 Å². The molecule has 9 nitrogen and oxygen atoms in total. The SMILES string of the molecule is Cc1cc(C)nc(N2CC=C(c3cc(NC(=O)c4c[nH]c(=O)cc4C(F)(F)F)c(N4CC(C)N(C)C(C)C4)cc3F)CC2)n1. The monoisotopic (exact) mass is 613 g/mol. The number of rotatable bonds is 5. The molecule has 2 aliphatic rings. The minimum absolute atomic E-state index is 0.0978. The average Bonchev–Trinajstić information content (AvgIpc) is 2.95. The molecule has 0 radical (unpaired) electrons. The number of likely N-dealkylation sites (N-methyl/N-ethyl adjacent to an activating group) is 1. The number of H-pyrrole nitrogens is 1. The van der Waals surface area contributed by atoms with Gasteiger partial charge in [0.25, 0.3) is 5.91 Å². The Hall–Kier alpha value is -4.26. The van der Waals surface area contributed by atoms with Crippen molar-refractivity contribution in [2.45, 2.75) is 52.4 Å². The molecule has 2 N–H and O–H groups in total. The van der Waals surface area contributed by atoms with Gasteiger partial charge in [0, 0.05) is 67.5 Å². The summed E-state index contributed by atoms with van der Waals surface area (Å²) in [5.74, 6) is -0.987. The highest BCUT2D eigenvalue weighted by molar-refractivity contribution is 6.07. The summed E-state index contributed by atoms with van der Waals surface area (Å²) in [5.41, 5.74) is 0.0949. The van der Waals surface area contributed by atoms with Crippen LogP contribution in [0.25, 0.3) is 5.57 Å². The number of nitrogens with zero attached hydrogens (tertiary/aromatic N) is 5. The van der Waals surface area contributed by atoms with Crippen LogP contribution in [0.3, 0.4) is 0 Å². The third-order valence-corrected chi connectivity index (χ3v) is 8.32. The van der Waals surface area contributed by atoms with Crippen LogP contribution in [-0.2, 0) is 6.18 Å². The van der Waals surface area contributed by atoms with Gasteiger partial charge in [-0.2, -0.15) is 13.2 Å². The van der Waals surface area contributed by atoms with Gasteiger partial charge in [-0.15, -0.1) is 0 Å². The number of anilines is 3. The van der Waals surface area contributed by atoms with Crippen molar-refractivity contribution in [3.05, 3.63) is 80.8 Å². The van der Waals surface area contributed by atoms with Crippen LogP contribution in [-0.4, -0.2) is 71.1 Å². The number of alkyl halides is 3. The first-order valence-corrected chi connectivity index (χ1v) is 14.4. The second-order valence-corrected chi connectivity index (χ2v) is 11.6. The van der Waals surface area contributed by atoms with Crippen LogP contribution in [0.2, 0.25) is 0 Å². The lowest BCUT2D eigenvalue weighted by molar-refractivity contribution is -0.138. The number of halogens is 4. The summed E-state index contributed by atoms with van der Waals surface area (Å²) < 4.78 is 57.2. The standard InChI is InChI=1S/C31H35F4N7O2/c1-17-10-18(2)38-30(37-17)41-8-6-21(7-9-41)22-11-26(27(13-25(22)32)42-15-19(3)40(5)20(4)16-42)39-29(44)23-14-36-28(43)12-24(23)31(33,34)35/h6,10-14,19-20H,7-9,15-16H2,1-5H3,(H,36,43)(H,39,44). The summed E-state index contributed by atoms with van der Waals surface area (Å²) in [4.78, 5) is 42.3. The van der Waals surface area contributed by atoms with Crippen molar-refractivity contribution in [3.8, 4) is 0 Å². The Morgan fingerprint density at radius 1 is 1.02 bits per heavy atom. The summed E-state index contributed by atoms with van der Waals surface area (Å²) >= 11 is 0. The maximum Gasteiger partial charge on any atom is 0.417 e. The second kappa shape index (κ2) is 12.0. The number of hydrogen-bond donors (Lipinski definition) is 2. The number of nitrogens with one attached hydrogen (secondary N) is 2. The van der Waals surface area contributed by atoms with E-state index in [1.54, 1.807) is 0 Å². The number of carbonyl (C=O) groups excluding carboxylic acids is 1. The van der Waals surface area contributed by atoms with Gasteiger partial charge in [0.05, 0.1) is 22.5 Å². The minimum Gasteiger partial charge on any atom is -0.367 e. The molecule has 13 heteroatoms. The summed E-state index contributed by atoms with van der Waals surface area (Å²) in [5, 5.41) is 2.61.